The molecule has 0 radical (unpaired) electrons. The van der Waals surface area contributed by atoms with Crippen LogP contribution in [0.1, 0.15) is 22.6 Å². The van der Waals surface area contributed by atoms with E-state index >= 15 is 0 Å². The highest BCUT2D eigenvalue weighted by molar-refractivity contribution is 6.30. The van der Waals surface area contributed by atoms with Gasteiger partial charge in [0.1, 0.15) is 6.61 Å². The number of carbonyl (C=O) groups is 1. The van der Waals surface area contributed by atoms with Crippen molar-refractivity contribution in [1.29, 1.82) is 0 Å². The Morgan fingerprint density at radius 2 is 2.10 bits per heavy atom. The molecule has 1 atom stereocenters. The summed E-state index contributed by atoms with van der Waals surface area (Å²) < 4.78 is 5.44. The molecule has 1 unspecified atom stereocenters. The second kappa shape index (κ2) is 6.29. The third-order valence-electron chi connectivity index (χ3n) is 3.65. The molecule has 0 aliphatic carbocycles. The highest BCUT2D eigenvalue weighted by Gasteiger charge is 2.27. The highest BCUT2D eigenvalue weighted by Crippen LogP contribution is 2.25. The van der Waals surface area contributed by atoms with Crippen LogP contribution < -0.4 is 5.32 Å². The molecule has 3 nitrogen and oxygen atoms in total. The first-order valence-corrected chi connectivity index (χ1v) is 7.31. The molecule has 2 aromatic carbocycles. The first kappa shape index (κ1) is 14.1. The van der Waals surface area contributed by atoms with Gasteiger partial charge in [-0.15, -0.1) is 0 Å². The summed E-state index contributed by atoms with van der Waals surface area (Å²) in [4.78, 5) is 12.3. The van der Waals surface area contributed by atoms with Crippen molar-refractivity contribution in [3.63, 3.8) is 0 Å². The van der Waals surface area contributed by atoms with E-state index in [2.05, 4.69) is 5.32 Å². The van der Waals surface area contributed by atoms with Gasteiger partial charge in [-0.1, -0.05) is 48.0 Å². The van der Waals surface area contributed by atoms with E-state index in [1.807, 2.05) is 42.5 Å². The van der Waals surface area contributed by atoms with Crippen LogP contribution in [-0.2, 0) is 22.7 Å². The van der Waals surface area contributed by atoms with Gasteiger partial charge in [-0.25, -0.2) is 0 Å². The summed E-state index contributed by atoms with van der Waals surface area (Å²) in [5.41, 5.74) is 3.12. The molecule has 4 heteroatoms. The van der Waals surface area contributed by atoms with Crippen LogP contribution >= 0.6 is 11.6 Å². The Labute approximate surface area is 128 Å². The number of esters is 1. The Bertz CT molecular complexity index is 657. The van der Waals surface area contributed by atoms with Crippen molar-refractivity contribution in [2.45, 2.75) is 19.1 Å². The van der Waals surface area contributed by atoms with E-state index in [-0.39, 0.29) is 18.5 Å². The van der Waals surface area contributed by atoms with Gasteiger partial charge in [0, 0.05) is 18.1 Å². The van der Waals surface area contributed by atoms with E-state index in [1.165, 1.54) is 0 Å². The maximum Gasteiger partial charge on any atom is 0.315 e. The number of rotatable bonds is 3. The summed E-state index contributed by atoms with van der Waals surface area (Å²) in [6.45, 7) is 1.66. The second-order valence-corrected chi connectivity index (χ2v) is 5.56. The molecule has 21 heavy (non-hydrogen) atoms. The minimum atomic E-state index is -0.242. The summed E-state index contributed by atoms with van der Waals surface area (Å²) in [6, 6.07) is 15.3. The molecule has 0 spiro atoms. The molecule has 0 amide bonds. The summed E-state index contributed by atoms with van der Waals surface area (Å²) in [7, 11) is 0. The van der Waals surface area contributed by atoms with Crippen molar-refractivity contribution in [3.8, 4) is 0 Å². The van der Waals surface area contributed by atoms with Crippen LogP contribution in [0.2, 0.25) is 5.02 Å². The fourth-order valence-electron chi connectivity index (χ4n) is 2.59. The second-order valence-electron chi connectivity index (χ2n) is 5.12. The number of hydrogen-bond acceptors (Lipinski definition) is 3. The summed E-state index contributed by atoms with van der Waals surface area (Å²) in [6.07, 6.45) is 0. The Balaban J connectivity index is 1.69. The van der Waals surface area contributed by atoms with Crippen molar-refractivity contribution in [3.05, 3.63) is 70.2 Å². The van der Waals surface area contributed by atoms with Crippen molar-refractivity contribution < 1.29 is 9.53 Å². The van der Waals surface area contributed by atoms with E-state index in [0.717, 1.165) is 23.2 Å². The number of fused-ring (bicyclic) bond motifs is 1. The van der Waals surface area contributed by atoms with Crippen LogP contribution in [0.5, 0.6) is 0 Å². The molecule has 1 aliphatic heterocycles. The third kappa shape index (κ3) is 3.26. The quantitative estimate of drug-likeness (QED) is 0.884. The minimum absolute atomic E-state index is 0.199. The fourth-order valence-corrected chi connectivity index (χ4v) is 2.80. The standard InChI is InChI=1S/C17H16ClNO2/c18-14-6-3-4-12(8-14)11-21-17(20)16-10-19-9-13-5-1-2-7-15(13)16/h1-8,16,19H,9-11H2. The van der Waals surface area contributed by atoms with Crippen molar-refractivity contribution in [2.24, 2.45) is 0 Å². The molecular formula is C17H16ClNO2. The lowest BCUT2D eigenvalue weighted by atomic mass is 9.91. The van der Waals surface area contributed by atoms with Crippen LogP contribution in [0.15, 0.2) is 48.5 Å². The lowest BCUT2D eigenvalue weighted by molar-refractivity contribution is -0.146. The number of halogens is 1. The molecule has 2 aromatic rings. The van der Waals surface area contributed by atoms with E-state index in [9.17, 15) is 4.79 Å². The van der Waals surface area contributed by atoms with Gasteiger partial charge in [-0.3, -0.25) is 4.79 Å². The number of nitrogens with one attached hydrogen (secondary N) is 1. The van der Waals surface area contributed by atoms with Gasteiger partial charge in [0.05, 0.1) is 5.92 Å². The van der Waals surface area contributed by atoms with Gasteiger partial charge >= 0.3 is 5.97 Å². The Hall–Kier alpha value is -1.84. The number of ether oxygens (including phenoxy) is 1. The van der Waals surface area contributed by atoms with Crippen molar-refractivity contribution >= 4 is 17.6 Å². The molecule has 1 N–H and O–H groups in total. The van der Waals surface area contributed by atoms with Gasteiger partial charge in [0.2, 0.25) is 0 Å². The molecule has 0 bridgehead atoms. The van der Waals surface area contributed by atoms with Crippen LogP contribution in [-0.4, -0.2) is 12.5 Å². The van der Waals surface area contributed by atoms with Gasteiger partial charge in [-0.05, 0) is 28.8 Å². The SMILES string of the molecule is O=C(OCc1cccc(Cl)c1)C1CNCc2ccccc21. The number of hydrogen-bond donors (Lipinski definition) is 1. The summed E-state index contributed by atoms with van der Waals surface area (Å²) in [5.74, 6) is -0.441. The first-order valence-electron chi connectivity index (χ1n) is 6.93. The molecule has 0 saturated carbocycles. The van der Waals surface area contributed by atoms with Gasteiger partial charge < -0.3 is 10.1 Å². The maximum absolute atomic E-state index is 12.3. The predicted octanol–water partition coefficient (Wildman–Crippen LogP) is 3.27. The van der Waals surface area contributed by atoms with Crippen LogP contribution in [0.25, 0.3) is 0 Å². The van der Waals surface area contributed by atoms with Crippen molar-refractivity contribution in [2.75, 3.05) is 6.54 Å². The molecule has 0 aromatic heterocycles. The first-order chi connectivity index (χ1) is 10.2. The van der Waals surface area contributed by atoms with Gasteiger partial charge in [-0.2, -0.15) is 0 Å². The molecule has 0 fully saturated rings. The summed E-state index contributed by atoms with van der Waals surface area (Å²) in [5, 5.41) is 3.90. The zero-order chi connectivity index (χ0) is 14.7. The lowest BCUT2D eigenvalue weighted by Gasteiger charge is -2.24. The average Bonchev–Trinajstić information content (AvgIpc) is 2.52. The van der Waals surface area contributed by atoms with E-state index in [1.54, 1.807) is 6.07 Å². The monoisotopic (exact) mass is 301 g/mol. The smallest absolute Gasteiger partial charge is 0.315 e. The number of benzene rings is 2. The largest absolute Gasteiger partial charge is 0.460 e. The third-order valence-corrected chi connectivity index (χ3v) is 3.88. The topological polar surface area (TPSA) is 38.3 Å². The average molecular weight is 302 g/mol. The van der Waals surface area contributed by atoms with E-state index in [4.69, 9.17) is 16.3 Å². The zero-order valence-corrected chi connectivity index (χ0v) is 12.3. The van der Waals surface area contributed by atoms with Crippen LogP contribution in [0, 0.1) is 0 Å². The molecular weight excluding hydrogens is 286 g/mol. The predicted molar refractivity (Wildman–Crippen MR) is 82.1 cm³/mol. The van der Waals surface area contributed by atoms with Crippen LogP contribution in [0.3, 0.4) is 0 Å². The number of carbonyl (C=O) groups excluding carboxylic acids is 1. The Morgan fingerprint density at radius 3 is 2.95 bits per heavy atom. The molecule has 1 aliphatic rings. The lowest BCUT2D eigenvalue weighted by Crippen LogP contribution is -2.33. The molecule has 1 heterocycles. The zero-order valence-electron chi connectivity index (χ0n) is 11.5. The molecule has 3 rings (SSSR count). The Kier molecular flexibility index (Phi) is 4.23. The normalized spacial score (nSPS) is 17.1. The molecule has 0 saturated heterocycles. The van der Waals surface area contributed by atoms with Gasteiger partial charge in [0.25, 0.3) is 0 Å². The minimum Gasteiger partial charge on any atom is -0.460 e. The fraction of sp³-hybridized carbons (Fsp3) is 0.235. The maximum atomic E-state index is 12.3. The van der Waals surface area contributed by atoms with Crippen molar-refractivity contribution in [1.82, 2.24) is 5.32 Å². The highest BCUT2D eigenvalue weighted by atomic mass is 35.5. The van der Waals surface area contributed by atoms with E-state index < -0.39 is 0 Å². The summed E-state index contributed by atoms with van der Waals surface area (Å²) >= 11 is 5.93. The van der Waals surface area contributed by atoms with Gasteiger partial charge in [0.15, 0.2) is 0 Å². The van der Waals surface area contributed by atoms with Crippen LogP contribution in [0.4, 0.5) is 0 Å². The Morgan fingerprint density at radius 1 is 1.24 bits per heavy atom. The van der Waals surface area contributed by atoms with E-state index in [0.29, 0.717) is 11.6 Å². The molecule has 108 valence electrons.